The smallest absolute Gasteiger partial charge is 0.254 e. The van der Waals surface area contributed by atoms with Gasteiger partial charge < -0.3 is 9.64 Å². The van der Waals surface area contributed by atoms with Crippen molar-refractivity contribution < 1.29 is 13.9 Å². The lowest BCUT2D eigenvalue weighted by Gasteiger charge is -2.18. The van der Waals surface area contributed by atoms with Gasteiger partial charge in [-0.2, -0.15) is 9.37 Å². The highest BCUT2D eigenvalue weighted by atomic mass is 32.2. The first-order valence-electron chi connectivity index (χ1n) is 8.72. The second-order valence-electron chi connectivity index (χ2n) is 6.38. The number of amides is 1. The normalized spacial score (nSPS) is 21.4. The van der Waals surface area contributed by atoms with Crippen LogP contribution in [0.3, 0.4) is 0 Å². The van der Waals surface area contributed by atoms with Crippen LogP contribution in [0, 0.1) is 5.82 Å². The van der Waals surface area contributed by atoms with Crippen LogP contribution in [0.25, 0.3) is 0 Å². The summed E-state index contributed by atoms with van der Waals surface area (Å²) in [5, 5.41) is 0.645. The predicted molar refractivity (Wildman–Crippen MR) is 91.7 cm³/mol. The number of likely N-dealkylation sites (tertiary alicyclic amines) is 1. The van der Waals surface area contributed by atoms with Crippen molar-refractivity contribution in [1.29, 1.82) is 0 Å². The van der Waals surface area contributed by atoms with Crippen LogP contribution in [0.5, 0.6) is 5.88 Å². The Labute approximate surface area is 146 Å². The largest absolute Gasteiger partial charge is 0.470 e. The molecule has 0 aromatic carbocycles. The Kier molecular flexibility index (Phi) is 5.92. The SMILES string of the molecule is CCc1ncnc(O[C@H]2CCN(C(=O)CSC3CCCC3)C2)c1F. The lowest BCUT2D eigenvalue weighted by atomic mass is 10.3. The van der Waals surface area contributed by atoms with Crippen molar-refractivity contribution in [2.75, 3.05) is 18.8 Å². The van der Waals surface area contributed by atoms with Gasteiger partial charge in [-0.25, -0.2) is 4.98 Å². The van der Waals surface area contributed by atoms with Crippen molar-refractivity contribution in [3.8, 4) is 5.88 Å². The summed E-state index contributed by atoms with van der Waals surface area (Å²) >= 11 is 1.78. The van der Waals surface area contributed by atoms with E-state index in [9.17, 15) is 9.18 Å². The van der Waals surface area contributed by atoms with E-state index in [1.807, 2.05) is 11.8 Å². The molecule has 0 spiro atoms. The lowest BCUT2D eigenvalue weighted by molar-refractivity contribution is -0.127. The molecule has 1 atom stereocenters. The number of nitrogens with zero attached hydrogens (tertiary/aromatic N) is 3. The molecule has 132 valence electrons. The summed E-state index contributed by atoms with van der Waals surface area (Å²) in [5.41, 5.74) is 0.360. The molecular formula is C17H24FN3O2S. The van der Waals surface area contributed by atoms with Gasteiger partial charge >= 0.3 is 0 Å². The number of halogens is 1. The van der Waals surface area contributed by atoms with Gasteiger partial charge in [-0.05, 0) is 19.3 Å². The van der Waals surface area contributed by atoms with Gasteiger partial charge in [0, 0.05) is 18.2 Å². The first kappa shape index (κ1) is 17.5. The van der Waals surface area contributed by atoms with Crippen LogP contribution in [-0.2, 0) is 11.2 Å². The molecule has 1 aliphatic carbocycles. The molecule has 1 saturated heterocycles. The summed E-state index contributed by atoms with van der Waals surface area (Å²) in [7, 11) is 0. The zero-order chi connectivity index (χ0) is 16.9. The van der Waals surface area contributed by atoms with Gasteiger partial charge in [0.25, 0.3) is 5.88 Å². The van der Waals surface area contributed by atoms with Gasteiger partial charge in [0.2, 0.25) is 11.7 Å². The van der Waals surface area contributed by atoms with Crippen LogP contribution in [0.4, 0.5) is 4.39 Å². The van der Waals surface area contributed by atoms with Crippen molar-refractivity contribution in [2.45, 2.75) is 56.8 Å². The highest BCUT2D eigenvalue weighted by molar-refractivity contribution is 8.00. The fourth-order valence-electron chi connectivity index (χ4n) is 3.26. The van der Waals surface area contributed by atoms with Gasteiger partial charge in [-0.3, -0.25) is 4.79 Å². The number of carbonyl (C=O) groups excluding carboxylic acids is 1. The van der Waals surface area contributed by atoms with E-state index in [0.717, 1.165) is 0 Å². The number of ether oxygens (including phenoxy) is 1. The Bertz CT molecular complexity index is 581. The van der Waals surface area contributed by atoms with E-state index in [2.05, 4.69) is 9.97 Å². The van der Waals surface area contributed by atoms with E-state index in [1.54, 1.807) is 11.8 Å². The molecule has 2 heterocycles. The first-order chi connectivity index (χ1) is 11.7. The third-order valence-electron chi connectivity index (χ3n) is 4.69. The number of aryl methyl sites for hydroxylation is 1. The molecule has 1 aliphatic heterocycles. The Balaban J connectivity index is 1.49. The van der Waals surface area contributed by atoms with Gasteiger partial charge in [-0.1, -0.05) is 19.8 Å². The van der Waals surface area contributed by atoms with Gasteiger partial charge in [0.1, 0.15) is 12.4 Å². The molecule has 1 amide bonds. The maximum Gasteiger partial charge on any atom is 0.254 e. The van der Waals surface area contributed by atoms with E-state index in [1.165, 1.54) is 32.0 Å². The molecule has 2 fully saturated rings. The highest BCUT2D eigenvalue weighted by Gasteiger charge is 2.29. The van der Waals surface area contributed by atoms with Gasteiger partial charge in [-0.15, -0.1) is 11.8 Å². The molecule has 1 aromatic rings. The molecular weight excluding hydrogens is 329 g/mol. The number of hydrogen-bond donors (Lipinski definition) is 0. The Morgan fingerprint density at radius 3 is 2.92 bits per heavy atom. The fraction of sp³-hybridized carbons (Fsp3) is 0.706. The number of carbonyl (C=O) groups is 1. The highest BCUT2D eigenvalue weighted by Crippen LogP contribution is 2.30. The molecule has 1 saturated carbocycles. The summed E-state index contributed by atoms with van der Waals surface area (Å²) in [6.45, 7) is 3.02. The first-order valence-corrected chi connectivity index (χ1v) is 9.77. The third kappa shape index (κ3) is 4.18. The monoisotopic (exact) mass is 353 g/mol. The van der Waals surface area contributed by atoms with Gasteiger partial charge in [0.15, 0.2) is 0 Å². The van der Waals surface area contributed by atoms with E-state index >= 15 is 0 Å². The Morgan fingerprint density at radius 2 is 2.17 bits per heavy atom. The maximum absolute atomic E-state index is 14.1. The van der Waals surface area contributed by atoms with Crippen molar-refractivity contribution in [2.24, 2.45) is 0 Å². The number of hydrogen-bond acceptors (Lipinski definition) is 5. The maximum atomic E-state index is 14.1. The Hall–Kier alpha value is -1.37. The zero-order valence-electron chi connectivity index (χ0n) is 14.0. The average Bonchev–Trinajstić information content (AvgIpc) is 3.26. The minimum atomic E-state index is -0.485. The average molecular weight is 353 g/mol. The summed E-state index contributed by atoms with van der Waals surface area (Å²) < 4.78 is 19.8. The zero-order valence-corrected chi connectivity index (χ0v) is 14.9. The second kappa shape index (κ2) is 8.14. The molecule has 0 radical (unpaired) electrons. The van der Waals surface area contributed by atoms with Crippen LogP contribution in [0.1, 0.15) is 44.7 Å². The fourth-order valence-corrected chi connectivity index (χ4v) is 4.49. The summed E-state index contributed by atoms with van der Waals surface area (Å²) in [6.07, 6.45) is 7.38. The van der Waals surface area contributed by atoms with Crippen molar-refractivity contribution >= 4 is 17.7 Å². The molecule has 0 N–H and O–H groups in total. The molecule has 5 nitrogen and oxygen atoms in total. The molecule has 2 aliphatic rings. The minimum Gasteiger partial charge on any atom is -0.470 e. The van der Waals surface area contributed by atoms with Crippen LogP contribution >= 0.6 is 11.8 Å². The minimum absolute atomic E-state index is 0.00137. The molecule has 24 heavy (non-hydrogen) atoms. The third-order valence-corrected chi connectivity index (χ3v) is 6.04. The number of rotatable bonds is 6. The number of aromatic nitrogens is 2. The molecule has 0 unspecified atom stereocenters. The Morgan fingerprint density at radius 1 is 1.38 bits per heavy atom. The van der Waals surface area contributed by atoms with Gasteiger partial charge in [0.05, 0.1) is 18.0 Å². The molecule has 0 bridgehead atoms. The van der Waals surface area contributed by atoms with Crippen LogP contribution in [0.2, 0.25) is 0 Å². The van der Waals surface area contributed by atoms with E-state index in [4.69, 9.17) is 4.74 Å². The summed E-state index contributed by atoms with van der Waals surface area (Å²) in [5.74, 6) is 0.220. The van der Waals surface area contributed by atoms with E-state index in [-0.39, 0.29) is 17.9 Å². The predicted octanol–water partition coefficient (Wildman–Crippen LogP) is 2.83. The van der Waals surface area contributed by atoms with Crippen LogP contribution < -0.4 is 4.74 Å². The topological polar surface area (TPSA) is 55.3 Å². The van der Waals surface area contributed by atoms with Crippen LogP contribution in [0.15, 0.2) is 6.33 Å². The molecule has 1 aromatic heterocycles. The standard InChI is InChI=1S/C17H24FN3O2S/c1-2-14-16(18)17(20-11-19-14)23-12-7-8-21(9-12)15(22)10-24-13-5-3-4-6-13/h11-13H,2-10H2,1H3/t12-/m0/s1. The molecule has 7 heteroatoms. The van der Waals surface area contributed by atoms with Crippen molar-refractivity contribution in [3.63, 3.8) is 0 Å². The van der Waals surface area contributed by atoms with Crippen molar-refractivity contribution in [1.82, 2.24) is 14.9 Å². The van der Waals surface area contributed by atoms with E-state index < -0.39 is 5.82 Å². The van der Waals surface area contributed by atoms with Crippen LogP contribution in [-0.4, -0.2) is 51.0 Å². The van der Waals surface area contributed by atoms with Crippen molar-refractivity contribution in [3.05, 3.63) is 17.8 Å². The number of thioether (sulfide) groups is 1. The molecule has 3 rings (SSSR count). The second-order valence-corrected chi connectivity index (χ2v) is 7.67. The quantitative estimate of drug-likeness (QED) is 0.787. The lowest BCUT2D eigenvalue weighted by Crippen LogP contribution is -2.32. The summed E-state index contributed by atoms with van der Waals surface area (Å²) in [6, 6.07) is 0. The van der Waals surface area contributed by atoms with E-state index in [0.29, 0.717) is 42.6 Å². The summed E-state index contributed by atoms with van der Waals surface area (Å²) in [4.78, 5) is 21.9.